The number of nitrogens with zero attached hydrogens (tertiary/aromatic N) is 1. The van der Waals surface area contributed by atoms with Crippen LogP contribution in [0.1, 0.15) is 18.5 Å². The van der Waals surface area contributed by atoms with Crippen molar-refractivity contribution in [3.05, 3.63) is 46.6 Å². The summed E-state index contributed by atoms with van der Waals surface area (Å²) in [5.74, 6) is -2.03. The van der Waals surface area contributed by atoms with Crippen molar-refractivity contribution in [1.29, 1.82) is 0 Å². The van der Waals surface area contributed by atoms with Gasteiger partial charge in [0.25, 0.3) is 5.91 Å². The highest BCUT2D eigenvalue weighted by Gasteiger charge is 2.62. The summed E-state index contributed by atoms with van der Waals surface area (Å²) in [6.45, 7) is 1.70. The van der Waals surface area contributed by atoms with Crippen molar-refractivity contribution >= 4 is 41.1 Å². The lowest BCUT2D eigenvalue weighted by Gasteiger charge is -2.56. The Balaban J connectivity index is 1.79. The Labute approximate surface area is 153 Å². The van der Waals surface area contributed by atoms with Gasteiger partial charge in [-0.2, -0.15) is 0 Å². The van der Waals surface area contributed by atoms with Crippen LogP contribution in [0.3, 0.4) is 0 Å². The van der Waals surface area contributed by atoms with Crippen LogP contribution in [0.15, 0.2) is 41.1 Å². The molecule has 9 heteroatoms. The van der Waals surface area contributed by atoms with Crippen LogP contribution in [0, 0.1) is 0 Å². The van der Waals surface area contributed by atoms with Crippen LogP contribution in [0.5, 0.6) is 0 Å². The van der Waals surface area contributed by atoms with Gasteiger partial charge in [-0.05, 0) is 12.5 Å². The molecule has 1 aromatic carbocycles. The SMILES string of the molecule is C[C@@]12SCC(Cl)=C(C(=O)O)N1C(=O)[C@H]2NC(=O)[C@H](N)c1ccccc1. The van der Waals surface area contributed by atoms with E-state index in [4.69, 9.17) is 17.3 Å². The Kier molecular flexibility index (Phi) is 4.52. The lowest BCUT2D eigenvalue weighted by molar-refractivity contribution is -0.156. The number of fused-ring (bicyclic) bond motifs is 1. The fourth-order valence-electron chi connectivity index (χ4n) is 2.97. The fourth-order valence-corrected chi connectivity index (χ4v) is 4.49. The highest BCUT2D eigenvalue weighted by Crippen LogP contribution is 2.50. The molecule has 3 atom stereocenters. The number of thioether (sulfide) groups is 1. The van der Waals surface area contributed by atoms with Crippen LogP contribution >= 0.6 is 23.4 Å². The van der Waals surface area contributed by atoms with Gasteiger partial charge in [-0.15, -0.1) is 11.8 Å². The first-order valence-corrected chi connectivity index (χ1v) is 8.84. The maximum atomic E-state index is 12.5. The lowest BCUT2D eigenvalue weighted by atomic mass is 9.93. The summed E-state index contributed by atoms with van der Waals surface area (Å²) < 4.78 is 0. The summed E-state index contributed by atoms with van der Waals surface area (Å²) in [6, 6.07) is 7.01. The van der Waals surface area contributed by atoms with Crippen LogP contribution in [0.2, 0.25) is 0 Å². The fraction of sp³-hybridized carbons (Fsp3) is 0.312. The standard InChI is InChI=1S/C16H16ClN3O4S/c1-16-12(19-13(21)10(18)8-5-3-2-4-6-8)14(22)20(16)11(15(23)24)9(17)7-25-16/h2-6,10,12H,7,18H2,1H3,(H,19,21)(H,23,24)/t10-,12-,16+/m1/s1. The Morgan fingerprint density at radius 1 is 1.44 bits per heavy atom. The number of carboxylic acid groups (broad SMARTS) is 1. The van der Waals surface area contributed by atoms with Crippen molar-refractivity contribution in [2.24, 2.45) is 5.73 Å². The predicted molar refractivity (Wildman–Crippen MR) is 93.5 cm³/mol. The van der Waals surface area contributed by atoms with Crippen molar-refractivity contribution in [3.63, 3.8) is 0 Å². The smallest absolute Gasteiger partial charge is 0.353 e. The van der Waals surface area contributed by atoms with E-state index in [1.54, 1.807) is 31.2 Å². The molecule has 25 heavy (non-hydrogen) atoms. The molecule has 2 aliphatic heterocycles. The van der Waals surface area contributed by atoms with E-state index >= 15 is 0 Å². The molecule has 3 rings (SSSR count). The second-order valence-electron chi connectivity index (χ2n) is 5.91. The Bertz CT molecular complexity index is 785. The number of carbonyl (C=O) groups excluding carboxylic acids is 2. The quantitative estimate of drug-likeness (QED) is 0.671. The molecule has 1 aromatic rings. The van der Waals surface area contributed by atoms with Crippen LogP contribution < -0.4 is 11.1 Å². The molecule has 2 aliphatic rings. The summed E-state index contributed by atoms with van der Waals surface area (Å²) in [5.41, 5.74) is 6.35. The number of benzene rings is 1. The third-order valence-electron chi connectivity index (χ3n) is 4.35. The maximum absolute atomic E-state index is 12.5. The van der Waals surface area contributed by atoms with Gasteiger partial charge in [0.2, 0.25) is 5.91 Å². The minimum Gasteiger partial charge on any atom is -0.477 e. The molecule has 1 saturated heterocycles. The van der Waals surface area contributed by atoms with Gasteiger partial charge in [-0.25, -0.2) is 4.79 Å². The van der Waals surface area contributed by atoms with Gasteiger partial charge >= 0.3 is 5.97 Å². The van der Waals surface area contributed by atoms with E-state index in [0.717, 1.165) is 4.90 Å². The molecular weight excluding hydrogens is 366 g/mol. The van der Waals surface area contributed by atoms with Crippen molar-refractivity contribution in [2.45, 2.75) is 23.9 Å². The van der Waals surface area contributed by atoms with Gasteiger partial charge < -0.3 is 16.2 Å². The number of nitrogens with two attached hydrogens (primary N) is 1. The average molecular weight is 382 g/mol. The minimum atomic E-state index is -1.27. The van der Waals surface area contributed by atoms with Crippen LogP contribution in [-0.4, -0.2) is 44.5 Å². The van der Waals surface area contributed by atoms with Crippen molar-refractivity contribution in [1.82, 2.24) is 10.2 Å². The number of hydrogen-bond donors (Lipinski definition) is 3. The summed E-state index contributed by atoms with van der Waals surface area (Å²) in [5, 5.41) is 12.1. The summed E-state index contributed by atoms with van der Waals surface area (Å²) in [7, 11) is 0. The van der Waals surface area contributed by atoms with Crippen molar-refractivity contribution in [3.8, 4) is 0 Å². The van der Waals surface area contributed by atoms with E-state index in [2.05, 4.69) is 5.32 Å². The summed E-state index contributed by atoms with van der Waals surface area (Å²) >= 11 is 7.26. The molecule has 2 heterocycles. The predicted octanol–water partition coefficient (Wildman–Crippen LogP) is 1.01. The topological polar surface area (TPSA) is 113 Å². The second kappa shape index (κ2) is 6.36. The van der Waals surface area contributed by atoms with Crippen LogP contribution in [0.25, 0.3) is 0 Å². The molecule has 2 amide bonds. The first-order valence-electron chi connectivity index (χ1n) is 7.48. The molecule has 1 fully saturated rings. The van der Waals surface area contributed by atoms with Crippen LogP contribution in [0.4, 0.5) is 0 Å². The number of halogens is 1. The van der Waals surface area contributed by atoms with E-state index in [1.807, 2.05) is 6.07 Å². The third-order valence-corrected chi connectivity index (χ3v) is 6.26. The Morgan fingerprint density at radius 2 is 2.08 bits per heavy atom. The molecule has 0 bridgehead atoms. The van der Waals surface area contributed by atoms with Gasteiger partial charge in [0.1, 0.15) is 22.7 Å². The lowest BCUT2D eigenvalue weighted by Crippen LogP contribution is -2.77. The molecule has 7 nitrogen and oxygen atoms in total. The minimum absolute atomic E-state index is 0.106. The van der Waals surface area contributed by atoms with Gasteiger partial charge in [0.15, 0.2) is 0 Å². The zero-order valence-corrected chi connectivity index (χ0v) is 14.8. The number of hydrogen-bond acceptors (Lipinski definition) is 5. The van der Waals surface area contributed by atoms with Gasteiger partial charge in [0, 0.05) is 5.75 Å². The van der Waals surface area contributed by atoms with Gasteiger partial charge in [-0.3, -0.25) is 14.5 Å². The van der Waals surface area contributed by atoms with Crippen molar-refractivity contribution < 1.29 is 19.5 Å². The molecule has 0 saturated carbocycles. The molecule has 0 unspecified atom stereocenters. The molecule has 0 aliphatic carbocycles. The average Bonchev–Trinajstić information content (AvgIpc) is 2.60. The van der Waals surface area contributed by atoms with E-state index in [0.29, 0.717) is 5.56 Å². The van der Waals surface area contributed by atoms with Gasteiger partial charge in [-0.1, -0.05) is 41.9 Å². The van der Waals surface area contributed by atoms with E-state index in [1.165, 1.54) is 11.8 Å². The van der Waals surface area contributed by atoms with E-state index < -0.39 is 34.7 Å². The zero-order valence-electron chi connectivity index (χ0n) is 13.2. The summed E-state index contributed by atoms with van der Waals surface area (Å²) in [4.78, 5) is 36.5. The number of carbonyl (C=O) groups is 3. The van der Waals surface area contributed by atoms with Crippen molar-refractivity contribution in [2.75, 3.05) is 5.75 Å². The maximum Gasteiger partial charge on any atom is 0.353 e. The van der Waals surface area contributed by atoms with Crippen LogP contribution in [-0.2, 0) is 14.4 Å². The number of carboxylic acids is 1. The number of aliphatic carboxylic acids is 1. The number of rotatable bonds is 4. The molecule has 132 valence electrons. The number of β-lactam (4-membered cyclic amide) rings is 1. The number of nitrogens with one attached hydrogen (secondary N) is 1. The zero-order chi connectivity index (χ0) is 18.4. The monoisotopic (exact) mass is 381 g/mol. The Hall–Kier alpha value is -2.03. The molecule has 4 N–H and O–H groups in total. The Morgan fingerprint density at radius 3 is 2.68 bits per heavy atom. The normalized spacial score (nSPS) is 26.6. The highest BCUT2D eigenvalue weighted by atomic mass is 35.5. The molecule has 0 radical (unpaired) electrons. The second-order valence-corrected chi connectivity index (χ2v) is 7.77. The molecule has 0 spiro atoms. The first kappa shape index (κ1) is 17.8. The molecular formula is C16H16ClN3O4S. The number of amides is 2. The van der Waals surface area contributed by atoms with E-state index in [-0.39, 0.29) is 16.5 Å². The highest BCUT2D eigenvalue weighted by molar-refractivity contribution is 8.01. The van der Waals surface area contributed by atoms with Gasteiger partial charge in [0.05, 0.1) is 5.03 Å². The third kappa shape index (κ3) is 2.80. The summed E-state index contributed by atoms with van der Waals surface area (Å²) in [6.07, 6.45) is 0. The first-order chi connectivity index (χ1) is 11.8. The largest absolute Gasteiger partial charge is 0.477 e. The van der Waals surface area contributed by atoms with E-state index in [9.17, 15) is 19.5 Å². The molecule has 0 aromatic heterocycles.